The molecule has 8 heteroatoms. The Bertz CT molecular complexity index is 1300. The van der Waals surface area contributed by atoms with Crippen molar-refractivity contribution in [3.63, 3.8) is 0 Å². The van der Waals surface area contributed by atoms with Crippen LogP contribution in [0, 0.1) is 0 Å². The molecule has 1 N–H and O–H groups in total. The number of nitrogens with zero attached hydrogens (tertiary/aromatic N) is 3. The minimum atomic E-state index is -0.281. The number of benzene rings is 2. The zero-order chi connectivity index (χ0) is 21.8. The molecule has 1 amide bonds. The van der Waals surface area contributed by atoms with Crippen molar-refractivity contribution in [3.8, 4) is 17.2 Å². The molecule has 2 aromatic carbocycles. The van der Waals surface area contributed by atoms with E-state index in [1.165, 1.54) is 18.0 Å². The Morgan fingerprint density at radius 3 is 2.65 bits per heavy atom. The Balaban J connectivity index is 1.66. The van der Waals surface area contributed by atoms with Crippen molar-refractivity contribution < 1.29 is 14.3 Å². The van der Waals surface area contributed by atoms with Gasteiger partial charge in [0.2, 0.25) is 0 Å². The first kappa shape index (κ1) is 20.1. The number of ether oxygens (including phenoxy) is 2. The Morgan fingerprint density at radius 2 is 1.90 bits per heavy atom. The van der Waals surface area contributed by atoms with Crippen LogP contribution in [0.1, 0.15) is 16.1 Å². The second kappa shape index (κ2) is 8.66. The van der Waals surface area contributed by atoms with Crippen LogP contribution >= 0.6 is 0 Å². The monoisotopic (exact) mass is 416 g/mol. The minimum Gasteiger partial charge on any atom is -0.497 e. The van der Waals surface area contributed by atoms with Gasteiger partial charge in [-0.15, -0.1) is 0 Å². The molecule has 4 rings (SSSR count). The highest BCUT2D eigenvalue weighted by atomic mass is 16.5. The fraction of sp³-hybridized carbons (Fsp3) is 0.130. The lowest BCUT2D eigenvalue weighted by atomic mass is 10.1. The maximum absolute atomic E-state index is 13.1. The van der Waals surface area contributed by atoms with E-state index in [-0.39, 0.29) is 11.5 Å². The maximum atomic E-state index is 13.1. The number of carbonyl (C=O) groups is 1. The molecule has 31 heavy (non-hydrogen) atoms. The smallest absolute Gasteiger partial charge is 0.265 e. The molecule has 0 saturated carbocycles. The number of pyridine rings is 1. The van der Waals surface area contributed by atoms with Crippen molar-refractivity contribution in [2.75, 3.05) is 14.2 Å². The SMILES string of the molecule is COc1ccc(OC)c(-n2cnc3cc(C(=O)NCc4ccccn4)ccc3c2=O)c1. The number of amides is 1. The molecule has 2 heterocycles. The average Bonchev–Trinajstić information content (AvgIpc) is 2.82. The van der Waals surface area contributed by atoms with Gasteiger partial charge in [0.15, 0.2) is 0 Å². The molecule has 4 aromatic rings. The highest BCUT2D eigenvalue weighted by Crippen LogP contribution is 2.26. The van der Waals surface area contributed by atoms with Crippen molar-refractivity contribution in [1.29, 1.82) is 0 Å². The average molecular weight is 416 g/mol. The molecule has 0 atom stereocenters. The van der Waals surface area contributed by atoms with Crippen LogP contribution in [0.5, 0.6) is 11.5 Å². The summed E-state index contributed by atoms with van der Waals surface area (Å²) in [6, 6.07) is 15.5. The van der Waals surface area contributed by atoms with Crippen LogP contribution in [0.15, 0.2) is 71.9 Å². The predicted octanol–water partition coefficient (Wildman–Crippen LogP) is 2.73. The van der Waals surface area contributed by atoms with Crippen LogP contribution in [-0.4, -0.2) is 34.7 Å². The molecule has 0 saturated heterocycles. The van der Waals surface area contributed by atoms with Crippen LogP contribution in [0.25, 0.3) is 16.6 Å². The highest BCUT2D eigenvalue weighted by Gasteiger charge is 2.14. The van der Waals surface area contributed by atoms with Crippen molar-refractivity contribution in [2.45, 2.75) is 6.54 Å². The van der Waals surface area contributed by atoms with E-state index < -0.39 is 0 Å². The zero-order valence-electron chi connectivity index (χ0n) is 17.0. The number of fused-ring (bicyclic) bond motifs is 1. The third kappa shape index (κ3) is 4.09. The van der Waals surface area contributed by atoms with E-state index >= 15 is 0 Å². The molecule has 0 unspecified atom stereocenters. The molecule has 0 spiro atoms. The van der Waals surface area contributed by atoms with E-state index in [2.05, 4.69) is 15.3 Å². The van der Waals surface area contributed by atoms with Gasteiger partial charge in [0.25, 0.3) is 11.5 Å². The third-order valence-corrected chi connectivity index (χ3v) is 4.82. The van der Waals surface area contributed by atoms with Crippen molar-refractivity contribution in [2.24, 2.45) is 0 Å². The molecule has 2 aromatic heterocycles. The van der Waals surface area contributed by atoms with Crippen LogP contribution in [0.3, 0.4) is 0 Å². The van der Waals surface area contributed by atoms with Crippen LogP contribution < -0.4 is 20.3 Å². The summed E-state index contributed by atoms with van der Waals surface area (Å²) in [6.07, 6.45) is 3.08. The lowest BCUT2D eigenvalue weighted by molar-refractivity contribution is 0.0950. The number of aromatic nitrogens is 3. The van der Waals surface area contributed by atoms with Gasteiger partial charge in [-0.3, -0.25) is 19.1 Å². The van der Waals surface area contributed by atoms with Gasteiger partial charge in [-0.05, 0) is 42.5 Å². The topological polar surface area (TPSA) is 95.3 Å². The summed E-state index contributed by atoms with van der Waals surface area (Å²) in [6.45, 7) is 0.308. The van der Waals surface area contributed by atoms with Crippen LogP contribution in [0.4, 0.5) is 0 Å². The first-order valence-electron chi connectivity index (χ1n) is 9.52. The highest BCUT2D eigenvalue weighted by molar-refractivity contribution is 5.97. The molecule has 8 nitrogen and oxygen atoms in total. The van der Waals surface area contributed by atoms with Gasteiger partial charge in [-0.1, -0.05) is 6.07 Å². The van der Waals surface area contributed by atoms with Crippen molar-refractivity contribution >= 4 is 16.8 Å². The van der Waals surface area contributed by atoms with Gasteiger partial charge in [-0.25, -0.2) is 4.98 Å². The zero-order valence-corrected chi connectivity index (χ0v) is 17.0. The number of carbonyl (C=O) groups excluding carboxylic acids is 1. The number of hydrogen-bond acceptors (Lipinski definition) is 6. The molecule has 0 aliphatic rings. The molecular formula is C23H20N4O4. The maximum Gasteiger partial charge on any atom is 0.265 e. The molecule has 0 fully saturated rings. The van der Waals surface area contributed by atoms with Crippen LogP contribution in [-0.2, 0) is 6.54 Å². The Kier molecular flexibility index (Phi) is 5.61. The molecule has 0 radical (unpaired) electrons. The van der Waals surface area contributed by atoms with Gasteiger partial charge in [0.05, 0.1) is 43.0 Å². The van der Waals surface area contributed by atoms with E-state index in [4.69, 9.17) is 9.47 Å². The second-order valence-corrected chi connectivity index (χ2v) is 6.69. The first-order chi connectivity index (χ1) is 15.1. The summed E-state index contributed by atoms with van der Waals surface area (Å²) >= 11 is 0. The quantitative estimate of drug-likeness (QED) is 0.519. The number of nitrogens with one attached hydrogen (secondary N) is 1. The van der Waals surface area contributed by atoms with E-state index in [1.807, 2.05) is 18.2 Å². The summed E-state index contributed by atoms with van der Waals surface area (Å²) in [7, 11) is 3.08. The summed E-state index contributed by atoms with van der Waals surface area (Å²) in [4.78, 5) is 34.2. The molecule has 156 valence electrons. The summed E-state index contributed by atoms with van der Waals surface area (Å²) in [5, 5.41) is 3.20. The number of rotatable bonds is 6. The third-order valence-electron chi connectivity index (χ3n) is 4.82. The van der Waals surface area contributed by atoms with E-state index in [0.717, 1.165) is 5.69 Å². The second-order valence-electron chi connectivity index (χ2n) is 6.69. The van der Waals surface area contributed by atoms with Gasteiger partial charge in [0, 0.05) is 17.8 Å². The Morgan fingerprint density at radius 1 is 1.03 bits per heavy atom. The van der Waals surface area contributed by atoms with Gasteiger partial charge < -0.3 is 14.8 Å². The lowest BCUT2D eigenvalue weighted by Gasteiger charge is -2.13. The molecular weight excluding hydrogens is 396 g/mol. The standard InChI is InChI=1S/C23H20N4O4/c1-30-17-7-9-21(31-2)20(12-17)27-14-26-19-11-15(6-8-18(19)23(27)29)22(28)25-13-16-5-3-4-10-24-16/h3-12,14H,13H2,1-2H3,(H,25,28). The fourth-order valence-corrected chi connectivity index (χ4v) is 3.19. The Hall–Kier alpha value is -4.20. The molecule has 0 aliphatic heterocycles. The molecule has 0 bridgehead atoms. The first-order valence-corrected chi connectivity index (χ1v) is 9.52. The molecule has 0 aliphatic carbocycles. The van der Waals surface area contributed by atoms with E-state index in [0.29, 0.717) is 40.2 Å². The lowest BCUT2D eigenvalue weighted by Crippen LogP contribution is -2.24. The fourth-order valence-electron chi connectivity index (χ4n) is 3.19. The van der Waals surface area contributed by atoms with Crippen molar-refractivity contribution in [1.82, 2.24) is 19.9 Å². The van der Waals surface area contributed by atoms with Gasteiger partial charge >= 0.3 is 0 Å². The predicted molar refractivity (Wildman–Crippen MR) is 116 cm³/mol. The Labute approximate surface area is 178 Å². The van der Waals surface area contributed by atoms with Crippen LogP contribution in [0.2, 0.25) is 0 Å². The van der Waals surface area contributed by atoms with Gasteiger partial charge in [0.1, 0.15) is 17.8 Å². The number of methoxy groups -OCH3 is 2. The van der Waals surface area contributed by atoms with E-state index in [9.17, 15) is 9.59 Å². The largest absolute Gasteiger partial charge is 0.497 e. The summed E-state index contributed by atoms with van der Waals surface area (Å²) < 4.78 is 12.0. The van der Waals surface area contributed by atoms with Gasteiger partial charge in [-0.2, -0.15) is 0 Å². The summed E-state index contributed by atoms with van der Waals surface area (Å²) in [5.41, 5.74) is 1.82. The van der Waals surface area contributed by atoms with E-state index in [1.54, 1.807) is 49.7 Å². The number of hydrogen-bond donors (Lipinski definition) is 1. The van der Waals surface area contributed by atoms with Crippen molar-refractivity contribution in [3.05, 3.63) is 88.7 Å². The minimum absolute atomic E-state index is 0.270. The summed E-state index contributed by atoms with van der Waals surface area (Å²) in [5.74, 6) is 0.824. The normalized spacial score (nSPS) is 10.6.